The first-order valence-electron chi connectivity index (χ1n) is 6.05. The Morgan fingerprint density at radius 1 is 1.20 bits per heavy atom. The lowest BCUT2D eigenvalue weighted by Crippen LogP contribution is -2.46. The number of nitrogens with two attached hydrogens (primary N) is 1. The van der Waals surface area contributed by atoms with Crippen LogP contribution in [0.25, 0.3) is 0 Å². The number of hydrogen-bond donors (Lipinski definition) is 1. The monoisotopic (exact) mass is 214 g/mol. The molecule has 2 N–H and O–H groups in total. The molecule has 0 aromatic rings. The van der Waals surface area contributed by atoms with Gasteiger partial charge in [-0.05, 0) is 26.2 Å². The normalized spacial score (nSPS) is 14.7. The molecule has 0 saturated heterocycles. The van der Waals surface area contributed by atoms with Gasteiger partial charge in [-0.3, -0.25) is 4.79 Å². The minimum absolute atomic E-state index is 0.219. The van der Waals surface area contributed by atoms with Crippen molar-refractivity contribution in [3.8, 4) is 0 Å². The van der Waals surface area contributed by atoms with Crippen LogP contribution < -0.4 is 5.73 Å². The summed E-state index contributed by atoms with van der Waals surface area (Å²) < 4.78 is 0. The first-order chi connectivity index (χ1) is 7.05. The van der Waals surface area contributed by atoms with Crippen LogP contribution in [-0.4, -0.2) is 30.4 Å². The van der Waals surface area contributed by atoms with Gasteiger partial charge < -0.3 is 10.6 Å². The smallest absolute Gasteiger partial charge is 0.229 e. The predicted molar refractivity (Wildman–Crippen MR) is 64.6 cm³/mol. The maximum Gasteiger partial charge on any atom is 0.229 e. The molecule has 0 radical (unpaired) electrons. The van der Waals surface area contributed by atoms with Crippen LogP contribution in [-0.2, 0) is 4.79 Å². The molecule has 0 aliphatic rings. The summed E-state index contributed by atoms with van der Waals surface area (Å²) in [5.74, 6) is 0.219. The van der Waals surface area contributed by atoms with Gasteiger partial charge in [-0.1, -0.05) is 20.8 Å². The fourth-order valence-corrected chi connectivity index (χ4v) is 1.62. The molecule has 0 aliphatic carbocycles. The quantitative estimate of drug-likeness (QED) is 0.704. The Balaban J connectivity index is 4.59. The Labute approximate surface area is 94.0 Å². The van der Waals surface area contributed by atoms with Crippen LogP contribution >= 0.6 is 0 Å². The third-order valence-corrected chi connectivity index (χ3v) is 3.02. The molecule has 0 spiro atoms. The minimum Gasteiger partial charge on any atom is -0.342 e. The van der Waals surface area contributed by atoms with Crippen LogP contribution in [0.15, 0.2) is 0 Å². The number of carbonyl (C=O) groups excluding carboxylic acids is 1. The van der Waals surface area contributed by atoms with Gasteiger partial charge in [0, 0.05) is 19.6 Å². The molecule has 0 fully saturated rings. The number of hydrogen-bond acceptors (Lipinski definition) is 2. The fraction of sp³-hybridized carbons (Fsp3) is 0.917. The molecule has 3 nitrogen and oxygen atoms in total. The minimum atomic E-state index is -0.371. The van der Waals surface area contributed by atoms with E-state index in [0.29, 0.717) is 6.54 Å². The summed E-state index contributed by atoms with van der Waals surface area (Å²) in [4.78, 5) is 14.2. The summed E-state index contributed by atoms with van der Waals surface area (Å²) in [5.41, 5.74) is 5.33. The van der Waals surface area contributed by atoms with Crippen molar-refractivity contribution in [2.75, 3.05) is 19.6 Å². The van der Waals surface area contributed by atoms with E-state index in [1.807, 2.05) is 18.7 Å². The van der Waals surface area contributed by atoms with E-state index in [2.05, 4.69) is 13.8 Å². The van der Waals surface area contributed by atoms with Crippen molar-refractivity contribution >= 4 is 5.91 Å². The van der Waals surface area contributed by atoms with Gasteiger partial charge in [0.2, 0.25) is 5.91 Å². The lowest BCUT2D eigenvalue weighted by molar-refractivity contribution is -0.141. The molecule has 90 valence electrons. The third-order valence-electron chi connectivity index (χ3n) is 3.02. The molecule has 1 atom stereocenters. The zero-order valence-electron chi connectivity index (χ0n) is 10.7. The molecule has 0 heterocycles. The van der Waals surface area contributed by atoms with Crippen molar-refractivity contribution in [2.24, 2.45) is 11.1 Å². The zero-order valence-corrected chi connectivity index (χ0v) is 10.7. The van der Waals surface area contributed by atoms with Gasteiger partial charge in [0.05, 0.1) is 5.41 Å². The van der Waals surface area contributed by atoms with Crippen molar-refractivity contribution in [1.82, 2.24) is 4.90 Å². The van der Waals surface area contributed by atoms with Gasteiger partial charge >= 0.3 is 0 Å². The molecule has 0 rings (SSSR count). The number of amides is 1. The lowest BCUT2D eigenvalue weighted by atomic mass is 9.86. The zero-order chi connectivity index (χ0) is 11.9. The van der Waals surface area contributed by atoms with E-state index in [1.54, 1.807) is 0 Å². The fourth-order valence-electron chi connectivity index (χ4n) is 1.62. The van der Waals surface area contributed by atoms with Gasteiger partial charge in [-0.2, -0.15) is 0 Å². The standard InChI is InChI=1S/C12H26N2O/c1-5-8-14(9-6-2)11(15)12(4,7-3)10-13/h5-10,13H2,1-4H3. The number of nitrogens with zero attached hydrogens (tertiary/aromatic N) is 1. The van der Waals surface area contributed by atoms with E-state index in [4.69, 9.17) is 5.73 Å². The van der Waals surface area contributed by atoms with Crippen LogP contribution in [0.2, 0.25) is 0 Å². The van der Waals surface area contributed by atoms with Crippen LogP contribution in [0, 0.1) is 5.41 Å². The number of carbonyl (C=O) groups is 1. The van der Waals surface area contributed by atoms with Crippen molar-refractivity contribution in [2.45, 2.75) is 47.0 Å². The van der Waals surface area contributed by atoms with Crippen LogP contribution in [0.5, 0.6) is 0 Å². The molecular weight excluding hydrogens is 188 g/mol. The third kappa shape index (κ3) is 3.82. The molecule has 0 aromatic carbocycles. The average Bonchev–Trinajstić information content (AvgIpc) is 2.26. The van der Waals surface area contributed by atoms with E-state index in [9.17, 15) is 4.79 Å². The molecule has 0 aromatic heterocycles. The second-order valence-corrected chi connectivity index (χ2v) is 4.41. The van der Waals surface area contributed by atoms with Crippen molar-refractivity contribution in [3.63, 3.8) is 0 Å². The Kier molecular flexibility index (Phi) is 6.57. The summed E-state index contributed by atoms with van der Waals surface area (Å²) in [6.07, 6.45) is 2.83. The molecule has 0 aliphatic heterocycles. The lowest BCUT2D eigenvalue weighted by Gasteiger charge is -2.32. The van der Waals surface area contributed by atoms with Gasteiger partial charge in [0.1, 0.15) is 0 Å². The Bertz CT molecular complexity index is 182. The maximum absolute atomic E-state index is 12.3. The van der Waals surface area contributed by atoms with E-state index in [1.165, 1.54) is 0 Å². The molecular formula is C12H26N2O. The van der Waals surface area contributed by atoms with Crippen molar-refractivity contribution in [1.29, 1.82) is 0 Å². The van der Waals surface area contributed by atoms with Crippen LogP contribution in [0.3, 0.4) is 0 Å². The van der Waals surface area contributed by atoms with Crippen molar-refractivity contribution < 1.29 is 4.79 Å². The molecule has 0 saturated carbocycles. The van der Waals surface area contributed by atoms with Gasteiger partial charge in [0.15, 0.2) is 0 Å². The molecule has 0 bridgehead atoms. The summed E-state index contributed by atoms with van der Waals surface area (Å²) in [6.45, 7) is 10.3. The summed E-state index contributed by atoms with van der Waals surface area (Å²) >= 11 is 0. The molecule has 3 heteroatoms. The average molecular weight is 214 g/mol. The Morgan fingerprint density at radius 2 is 1.67 bits per heavy atom. The summed E-state index contributed by atoms with van der Waals surface area (Å²) in [5, 5.41) is 0. The maximum atomic E-state index is 12.3. The Morgan fingerprint density at radius 3 is 1.93 bits per heavy atom. The summed E-state index contributed by atoms with van der Waals surface area (Å²) in [6, 6.07) is 0. The Hall–Kier alpha value is -0.570. The SMILES string of the molecule is CCCN(CCC)C(=O)C(C)(CC)CN. The first-order valence-corrected chi connectivity index (χ1v) is 6.05. The van der Waals surface area contributed by atoms with Gasteiger partial charge in [-0.25, -0.2) is 0 Å². The molecule has 1 amide bonds. The second-order valence-electron chi connectivity index (χ2n) is 4.41. The van der Waals surface area contributed by atoms with Crippen LogP contribution in [0.4, 0.5) is 0 Å². The largest absolute Gasteiger partial charge is 0.342 e. The highest BCUT2D eigenvalue weighted by Crippen LogP contribution is 2.22. The topological polar surface area (TPSA) is 46.3 Å². The highest BCUT2D eigenvalue weighted by atomic mass is 16.2. The van der Waals surface area contributed by atoms with Crippen LogP contribution in [0.1, 0.15) is 47.0 Å². The van der Waals surface area contributed by atoms with Gasteiger partial charge in [-0.15, -0.1) is 0 Å². The van der Waals surface area contributed by atoms with E-state index in [0.717, 1.165) is 32.4 Å². The predicted octanol–water partition coefficient (Wildman–Crippen LogP) is 2.01. The second kappa shape index (κ2) is 6.83. The van der Waals surface area contributed by atoms with Crippen molar-refractivity contribution in [3.05, 3.63) is 0 Å². The highest BCUT2D eigenvalue weighted by molar-refractivity contribution is 5.82. The van der Waals surface area contributed by atoms with E-state index < -0.39 is 0 Å². The first kappa shape index (κ1) is 14.4. The molecule has 15 heavy (non-hydrogen) atoms. The highest BCUT2D eigenvalue weighted by Gasteiger charge is 2.32. The summed E-state index contributed by atoms with van der Waals surface area (Å²) in [7, 11) is 0. The number of rotatable bonds is 7. The molecule has 1 unspecified atom stereocenters. The van der Waals surface area contributed by atoms with Gasteiger partial charge in [0.25, 0.3) is 0 Å². The van der Waals surface area contributed by atoms with E-state index in [-0.39, 0.29) is 11.3 Å². The van der Waals surface area contributed by atoms with E-state index >= 15 is 0 Å².